The third-order valence-corrected chi connectivity index (χ3v) is 1.34. The molecule has 10 heavy (non-hydrogen) atoms. The summed E-state index contributed by atoms with van der Waals surface area (Å²) in [5, 5.41) is 17.6. The molecule has 0 aliphatic heterocycles. The van der Waals surface area contributed by atoms with Gasteiger partial charge in [0.05, 0.1) is 6.61 Å². The van der Waals surface area contributed by atoms with E-state index in [4.69, 9.17) is 27.2 Å². The number of hydrogen-bond acceptors (Lipinski definition) is 4. The molecular formula is C6H12O3S. The lowest BCUT2D eigenvalue weighted by Crippen LogP contribution is -2.20. The van der Waals surface area contributed by atoms with Gasteiger partial charge in [-0.2, -0.15) is 0 Å². The Hall–Kier alpha value is -0.190. The third-order valence-electron chi connectivity index (χ3n) is 0.936. The molecule has 1 unspecified atom stereocenters. The van der Waals surface area contributed by atoms with Crippen LogP contribution in [-0.4, -0.2) is 34.6 Å². The average Bonchev–Trinajstić information content (AvgIpc) is 1.99. The minimum absolute atomic E-state index is 0.0865. The van der Waals surface area contributed by atoms with E-state index < -0.39 is 6.10 Å². The second-order valence-corrected chi connectivity index (χ2v) is 2.33. The van der Waals surface area contributed by atoms with Crippen LogP contribution in [0.1, 0.15) is 13.3 Å². The lowest BCUT2D eigenvalue weighted by atomic mass is 10.4. The summed E-state index contributed by atoms with van der Waals surface area (Å²) in [6.45, 7) is 1.67. The van der Waals surface area contributed by atoms with Crippen molar-refractivity contribution in [1.29, 1.82) is 0 Å². The number of aliphatic hydroxyl groups is 2. The molecule has 0 rings (SSSR count). The second kappa shape index (κ2) is 5.58. The van der Waals surface area contributed by atoms with Gasteiger partial charge in [-0.15, -0.1) is 0 Å². The van der Waals surface area contributed by atoms with E-state index in [1.165, 1.54) is 0 Å². The van der Waals surface area contributed by atoms with Gasteiger partial charge in [-0.3, -0.25) is 0 Å². The van der Waals surface area contributed by atoms with Gasteiger partial charge in [0.1, 0.15) is 12.7 Å². The molecule has 0 aromatic heterocycles. The van der Waals surface area contributed by atoms with Crippen LogP contribution in [-0.2, 0) is 4.74 Å². The van der Waals surface area contributed by atoms with E-state index in [2.05, 4.69) is 0 Å². The number of hydrogen-bond donors (Lipinski definition) is 2. The highest BCUT2D eigenvalue weighted by molar-refractivity contribution is 7.80. The third kappa shape index (κ3) is 4.67. The van der Waals surface area contributed by atoms with Crippen molar-refractivity contribution in [3.8, 4) is 0 Å². The maximum atomic E-state index is 8.77. The predicted octanol–water partition coefficient (Wildman–Crippen LogP) is 0.0936. The molecule has 0 saturated heterocycles. The summed E-state index contributed by atoms with van der Waals surface area (Å²) in [5.74, 6) is 0. The van der Waals surface area contributed by atoms with E-state index in [-0.39, 0.29) is 13.2 Å². The van der Waals surface area contributed by atoms with Gasteiger partial charge in [-0.25, -0.2) is 0 Å². The highest BCUT2D eigenvalue weighted by Gasteiger charge is 2.02. The molecule has 1 atom stereocenters. The Morgan fingerprint density at radius 2 is 2.30 bits per heavy atom. The van der Waals surface area contributed by atoms with Crippen LogP contribution in [0.15, 0.2) is 0 Å². The van der Waals surface area contributed by atoms with E-state index in [9.17, 15) is 0 Å². The largest absolute Gasteiger partial charge is 0.484 e. The maximum Gasteiger partial charge on any atom is 0.159 e. The van der Waals surface area contributed by atoms with Crippen molar-refractivity contribution in [2.75, 3.05) is 13.2 Å². The van der Waals surface area contributed by atoms with E-state index in [1.54, 1.807) is 0 Å². The molecule has 60 valence electrons. The van der Waals surface area contributed by atoms with Gasteiger partial charge >= 0.3 is 0 Å². The molecule has 4 heteroatoms. The highest BCUT2D eigenvalue weighted by Crippen LogP contribution is 1.90. The smallest absolute Gasteiger partial charge is 0.159 e. The van der Waals surface area contributed by atoms with Gasteiger partial charge in [0.15, 0.2) is 5.05 Å². The summed E-state index contributed by atoms with van der Waals surface area (Å²) >= 11 is 4.71. The molecule has 0 bridgehead atoms. The van der Waals surface area contributed by atoms with Gasteiger partial charge in [0.25, 0.3) is 0 Å². The van der Waals surface area contributed by atoms with Crippen molar-refractivity contribution in [2.45, 2.75) is 19.4 Å². The van der Waals surface area contributed by atoms with E-state index >= 15 is 0 Å². The van der Waals surface area contributed by atoms with Gasteiger partial charge < -0.3 is 14.9 Å². The number of aliphatic hydroxyl groups excluding tert-OH is 2. The average molecular weight is 164 g/mol. The highest BCUT2D eigenvalue weighted by atomic mass is 32.1. The summed E-state index contributed by atoms with van der Waals surface area (Å²) in [4.78, 5) is 0. The first-order valence-corrected chi connectivity index (χ1v) is 3.56. The van der Waals surface area contributed by atoms with Crippen LogP contribution in [0.25, 0.3) is 0 Å². The molecule has 2 N–H and O–H groups in total. The molecule has 0 amide bonds. The van der Waals surface area contributed by atoms with Crippen LogP contribution >= 0.6 is 12.2 Å². The van der Waals surface area contributed by atoms with Gasteiger partial charge in [0.2, 0.25) is 0 Å². The Labute approximate surface area is 65.6 Å². The minimum Gasteiger partial charge on any atom is -0.484 e. The fourth-order valence-electron chi connectivity index (χ4n) is 0.344. The van der Waals surface area contributed by atoms with Crippen LogP contribution in [0.5, 0.6) is 0 Å². The van der Waals surface area contributed by atoms with Crippen LogP contribution in [0, 0.1) is 0 Å². The maximum absolute atomic E-state index is 8.77. The van der Waals surface area contributed by atoms with Gasteiger partial charge in [0, 0.05) is 6.42 Å². The molecule has 0 saturated carbocycles. The number of ether oxygens (including phenoxy) is 1. The molecule has 0 aliphatic rings. The standard InChI is InChI=1S/C6H12O3S/c1-2-6(10)9-4-5(8)3-7/h5,7-8H,2-4H2,1H3. The Balaban J connectivity index is 3.26. The van der Waals surface area contributed by atoms with E-state index in [1.807, 2.05) is 6.92 Å². The fourth-order valence-corrected chi connectivity index (χ4v) is 0.412. The van der Waals surface area contributed by atoms with Gasteiger partial charge in [-0.05, 0) is 12.2 Å². The molecule has 3 nitrogen and oxygen atoms in total. The lowest BCUT2D eigenvalue weighted by Gasteiger charge is -2.08. The van der Waals surface area contributed by atoms with Crippen LogP contribution in [0.4, 0.5) is 0 Å². The Morgan fingerprint density at radius 3 is 2.70 bits per heavy atom. The molecule has 0 heterocycles. The topological polar surface area (TPSA) is 49.7 Å². The molecular weight excluding hydrogens is 152 g/mol. The summed E-state index contributed by atoms with van der Waals surface area (Å²) in [6, 6.07) is 0. The summed E-state index contributed by atoms with van der Waals surface area (Å²) in [5.41, 5.74) is 0. The first kappa shape index (κ1) is 9.81. The van der Waals surface area contributed by atoms with Crippen molar-refractivity contribution in [1.82, 2.24) is 0 Å². The van der Waals surface area contributed by atoms with E-state index in [0.717, 1.165) is 0 Å². The molecule has 0 spiro atoms. The van der Waals surface area contributed by atoms with Crippen molar-refractivity contribution in [2.24, 2.45) is 0 Å². The minimum atomic E-state index is -0.815. The fraction of sp³-hybridized carbons (Fsp3) is 0.833. The van der Waals surface area contributed by atoms with Crippen LogP contribution < -0.4 is 0 Å². The summed E-state index contributed by atoms with van der Waals surface area (Å²) < 4.78 is 4.87. The Morgan fingerprint density at radius 1 is 1.70 bits per heavy atom. The molecule has 0 aliphatic carbocycles. The van der Waals surface area contributed by atoms with E-state index in [0.29, 0.717) is 11.5 Å². The monoisotopic (exact) mass is 164 g/mol. The van der Waals surface area contributed by atoms with Gasteiger partial charge in [-0.1, -0.05) is 6.92 Å². The Kier molecular flexibility index (Phi) is 5.48. The molecule has 0 aromatic carbocycles. The van der Waals surface area contributed by atoms with Crippen molar-refractivity contribution >= 4 is 17.3 Å². The molecule has 0 aromatic rings. The van der Waals surface area contributed by atoms with Crippen molar-refractivity contribution in [3.63, 3.8) is 0 Å². The zero-order valence-corrected chi connectivity index (χ0v) is 6.73. The SMILES string of the molecule is CCC(=S)OCC(O)CO. The Bertz CT molecular complexity index is 105. The first-order valence-electron chi connectivity index (χ1n) is 3.15. The summed E-state index contributed by atoms with van der Waals surface area (Å²) in [6.07, 6.45) is -0.155. The lowest BCUT2D eigenvalue weighted by molar-refractivity contribution is 0.0500. The summed E-state index contributed by atoms with van der Waals surface area (Å²) in [7, 11) is 0. The zero-order valence-electron chi connectivity index (χ0n) is 5.91. The van der Waals surface area contributed by atoms with Crippen LogP contribution in [0.3, 0.4) is 0 Å². The first-order chi connectivity index (χ1) is 4.70. The molecule has 0 radical (unpaired) electrons. The number of rotatable bonds is 4. The van der Waals surface area contributed by atoms with Crippen LogP contribution in [0.2, 0.25) is 0 Å². The van der Waals surface area contributed by atoms with Crippen molar-refractivity contribution in [3.05, 3.63) is 0 Å². The molecule has 0 fully saturated rings. The predicted molar refractivity (Wildman–Crippen MR) is 41.9 cm³/mol. The zero-order chi connectivity index (χ0) is 7.98. The van der Waals surface area contributed by atoms with Crippen molar-refractivity contribution < 1.29 is 14.9 Å². The quantitative estimate of drug-likeness (QED) is 0.578. The normalized spacial score (nSPS) is 12.7. The number of thiocarbonyl (C=S) groups is 1. The second-order valence-electron chi connectivity index (χ2n) is 1.87.